The Morgan fingerprint density at radius 1 is 1.30 bits per heavy atom. The monoisotopic (exact) mass is 273 g/mol. The number of hydrogen-bond acceptors (Lipinski definition) is 3. The summed E-state index contributed by atoms with van der Waals surface area (Å²) >= 11 is 0. The molecule has 0 fully saturated rings. The van der Waals surface area contributed by atoms with Crippen molar-refractivity contribution in [3.63, 3.8) is 0 Å². The van der Waals surface area contributed by atoms with E-state index in [9.17, 15) is 4.79 Å². The summed E-state index contributed by atoms with van der Waals surface area (Å²) in [5, 5.41) is 4.31. The summed E-state index contributed by atoms with van der Waals surface area (Å²) in [6.45, 7) is 6.90. The van der Waals surface area contributed by atoms with Gasteiger partial charge in [0.2, 0.25) is 0 Å². The van der Waals surface area contributed by atoms with Gasteiger partial charge in [-0.1, -0.05) is 31.5 Å². The molecular weight excluding hydrogens is 250 g/mol. The molecule has 0 saturated heterocycles. The highest BCUT2D eigenvalue weighted by atomic mass is 16.1. The van der Waals surface area contributed by atoms with Crippen LogP contribution >= 0.6 is 0 Å². The molecule has 4 nitrogen and oxygen atoms in total. The summed E-state index contributed by atoms with van der Waals surface area (Å²) in [6.07, 6.45) is 2.02. The van der Waals surface area contributed by atoms with Gasteiger partial charge in [0.25, 0.3) is 5.56 Å². The fourth-order valence-corrected chi connectivity index (χ4v) is 2.41. The zero-order valence-corrected chi connectivity index (χ0v) is 12.4. The third-order valence-electron chi connectivity index (χ3n) is 3.38. The number of nitrogens with two attached hydrogens (primary N) is 1. The normalized spacial score (nSPS) is 11.2. The Labute approximate surface area is 119 Å². The molecule has 0 bridgehead atoms. The van der Waals surface area contributed by atoms with Crippen LogP contribution in [0.5, 0.6) is 0 Å². The summed E-state index contributed by atoms with van der Waals surface area (Å²) in [5.41, 5.74) is 8.00. The topological polar surface area (TPSA) is 60.0 Å². The Kier molecular flexibility index (Phi) is 4.32. The fourth-order valence-electron chi connectivity index (χ4n) is 2.41. The van der Waals surface area contributed by atoms with E-state index in [-0.39, 0.29) is 11.6 Å². The van der Waals surface area contributed by atoms with Crippen molar-refractivity contribution in [2.75, 3.05) is 11.1 Å². The van der Waals surface area contributed by atoms with E-state index < -0.39 is 0 Å². The molecule has 0 aliphatic carbocycles. The van der Waals surface area contributed by atoms with Gasteiger partial charge in [-0.15, -0.1) is 0 Å². The van der Waals surface area contributed by atoms with Gasteiger partial charge in [-0.05, 0) is 26.3 Å². The Hall–Kier alpha value is -1.97. The van der Waals surface area contributed by atoms with Crippen LogP contribution in [0.15, 0.2) is 29.1 Å². The zero-order valence-electron chi connectivity index (χ0n) is 12.4. The number of pyridine rings is 1. The summed E-state index contributed by atoms with van der Waals surface area (Å²) in [4.78, 5) is 12.5. The molecule has 0 atom stereocenters. The third kappa shape index (κ3) is 2.64. The molecule has 1 heterocycles. The number of nitrogens with zero attached hydrogens (tertiary/aromatic N) is 1. The molecule has 20 heavy (non-hydrogen) atoms. The number of benzene rings is 1. The maximum atomic E-state index is 12.5. The van der Waals surface area contributed by atoms with E-state index >= 15 is 0 Å². The van der Waals surface area contributed by atoms with Gasteiger partial charge >= 0.3 is 0 Å². The number of nitrogens with one attached hydrogen (secondary N) is 1. The quantitative estimate of drug-likeness (QED) is 0.879. The number of para-hydroxylation sites is 1. The number of fused-ring (bicyclic) bond motifs is 1. The van der Waals surface area contributed by atoms with Crippen molar-refractivity contribution >= 4 is 22.3 Å². The van der Waals surface area contributed by atoms with Crippen LogP contribution in [0.2, 0.25) is 0 Å². The molecule has 3 N–H and O–H groups in total. The van der Waals surface area contributed by atoms with Crippen LogP contribution in [0.25, 0.3) is 10.9 Å². The Balaban J connectivity index is 2.71. The second-order valence-electron chi connectivity index (χ2n) is 5.42. The van der Waals surface area contributed by atoms with Crippen LogP contribution in [0, 0.1) is 0 Å². The summed E-state index contributed by atoms with van der Waals surface area (Å²) in [7, 11) is 0. The van der Waals surface area contributed by atoms with Gasteiger partial charge in [-0.25, -0.2) is 0 Å². The van der Waals surface area contributed by atoms with Gasteiger partial charge in [0.1, 0.15) is 5.69 Å². The van der Waals surface area contributed by atoms with Gasteiger partial charge in [-0.2, -0.15) is 0 Å². The number of unbranched alkanes of at least 4 members (excludes halogenated alkanes) is 1. The minimum atomic E-state index is -0.0969. The van der Waals surface area contributed by atoms with Crippen molar-refractivity contribution in [1.82, 2.24) is 4.57 Å². The van der Waals surface area contributed by atoms with Gasteiger partial charge in [0.15, 0.2) is 0 Å². The fraction of sp³-hybridized carbons (Fsp3) is 0.438. The first-order valence-electron chi connectivity index (χ1n) is 7.23. The molecule has 0 amide bonds. The lowest BCUT2D eigenvalue weighted by atomic mass is 10.1. The zero-order chi connectivity index (χ0) is 14.7. The highest BCUT2D eigenvalue weighted by Gasteiger charge is 2.14. The lowest BCUT2D eigenvalue weighted by Gasteiger charge is -2.18. The average Bonchev–Trinajstić information content (AvgIpc) is 2.43. The second-order valence-corrected chi connectivity index (χ2v) is 5.42. The number of aromatic nitrogens is 1. The lowest BCUT2D eigenvalue weighted by molar-refractivity contribution is 0.633. The molecule has 1 aromatic carbocycles. The Morgan fingerprint density at radius 3 is 2.65 bits per heavy atom. The number of anilines is 2. The standard InChI is InChI=1S/C16H23N3O/c1-4-5-10-19-13-9-7-6-8-12(13)15(18-11(2)3)14(17)16(19)20/h6-9,11,18H,4-5,10,17H2,1-3H3. The van der Waals surface area contributed by atoms with Crippen LogP contribution in [-0.2, 0) is 6.54 Å². The minimum Gasteiger partial charge on any atom is -0.393 e. The molecule has 1 aromatic heterocycles. The number of nitrogen functional groups attached to an aromatic ring is 1. The number of hydrogen-bond donors (Lipinski definition) is 2. The lowest BCUT2D eigenvalue weighted by Crippen LogP contribution is -2.26. The van der Waals surface area contributed by atoms with E-state index in [4.69, 9.17) is 5.73 Å². The van der Waals surface area contributed by atoms with Gasteiger partial charge in [0.05, 0.1) is 11.2 Å². The first-order chi connectivity index (χ1) is 9.56. The van der Waals surface area contributed by atoms with Crippen molar-refractivity contribution in [2.24, 2.45) is 0 Å². The van der Waals surface area contributed by atoms with E-state index in [0.29, 0.717) is 12.2 Å². The first kappa shape index (κ1) is 14.4. The molecule has 0 spiro atoms. The van der Waals surface area contributed by atoms with Crippen LogP contribution in [0.3, 0.4) is 0 Å². The van der Waals surface area contributed by atoms with Gasteiger partial charge < -0.3 is 15.6 Å². The van der Waals surface area contributed by atoms with E-state index in [1.54, 1.807) is 4.57 Å². The van der Waals surface area contributed by atoms with E-state index in [0.717, 1.165) is 29.4 Å². The summed E-state index contributed by atoms with van der Waals surface area (Å²) < 4.78 is 1.79. The summed E-state index contributed by atoms with van der Waals surface area (Å²) in [6, 6.07) is 8.16. The van der Waals surface area contributed by atoms with E-state index in [1.165, 1.54) is 0 Å². The molecule has 4 heteroatoms. The molecule has 0 aliphatic heterocycles. The highest BCUT2D eigenvalue weighted by molar-refractivity contribution is 5.97. The predicted molar refractivity (Wildman–Crippen MR) is 86.3 cm³/mol. The van der Waals surface area contributed by atoms with Crippen LogP contribution in [-0.4, -0.2) is 10.6 Å². The molecule has 0 unspecified atom stereocenters. The largest absolute Gasteiger partial charge is 0.393 e. The molecule has 0 radical (unpaired) electrons. The number of rotatable bonds is 5. The average molecular weight is 273 g/mol. The van der Waals surface area contributed by atoms with Crippen molar-refractivity contribution in [2.45, 2.75) is 46.2 Å². The smallest absolute Gasteiger partial charge is 0.276 e. The van der Waals surface area contributed by atoms with E-state index in [2.05, 4.69) is 12.2 Å². The van der Waals surface area contributed by atoms with Crippen molar-refractivity contribution in [3.8, 4) is 0 Å². The highest BCUT2D eigenvalue weighted by Crippen LogP contribution is 2.27. The second kappa shape index (κ2) is 5.99. The predicted octanol–water partition coefficient (Wildman–Crippen LogP) is 3.20. The van der Waals surface area contributed by atoms with Crippen molar-refractivity contribution < 1.29 is 0 Å². The first-order valence-corrected chi connectivity index (χ1v) is 7.23. The Bertz CT molecular complexity index is 659. The molecule has 0 aliphatic rings. The molecule has 0 saturated carbocycles. The molecule has 2 rings (SSSR count). The van der Waals surface area contributed by atoms with Crippen LogP contribution in [0.4, 0.5) is 11.4 Å². The molecule has 2 aromatic rings. The Morgan fingerprint density at radius 2 is 2.00 bits per heavy atom. The number of aryl methyl sites for hydroxylation is 1. The van der Waals surface area contributed by atoms with Crippen LogP contribution in [0.1, 0.15) is 33.6 Å². The SMILES string of the molecule is CCCCn1c(=O)c(N)c(NC(C)C)c2ccccc21. The van der Waals surface area contributed by atoms with E-state index in [1.807, 2.05) is 38.1 Å². The maximum absolute atomic E-state index is 12.5. The third-order valence-corrected chi connectivity index (χ3v) is 3.38. The van der Waals surface area contributed by atoms with Gasteiger partial charge in [0, 0.05) is 18.0 Å². The van der Waals surface area contributed by atoms with Gasteiger partial charge in [-0.3, -0.25) is 4.79 Å². The minimum absolute atomic E-state index is 0.0969. The van der Waals surface area contributed by atoms with Crippen molar-refractivity contribution in [1.29, 1.82) is 0 Å². The molecular formula is C16H23N3O. The summed E-state index contributed by atoms with van der Waals surface area (Å²) in [5.74, 6) is 0. The van der Waals surface area contributed by atoms with Crippen molar-refractivity contribution in [3.05, 3.63) is 34.6 Å². The van der Waals surface area contributed by atoms with Crippen LogP contribution < -0.4 is 16.6 Å². The molecule has 108 valence electrons. The maximum Gasteiger partial charge on any atom is 0.276 e.